The molecule has 1 heterocycles. The van der Waals surface area contributed by atoms with E-state index in [-0.39, 0.29) is 5.78 Å². The first-order chi connectivity index (χ1) is 7.29. The number of ketones is 1. The van der Waals surface area contributed by atoms with Crippen LogP contribution in [0.15, 0.2) is 30.6 Å². The molecule has 1 aromatic heterocycles. The Morgan fingerprint density at radius 2 is 1.80 bits per heavy atom. The molecule has 1 aliphatic carbocycles. The van der Waals surface area contributed by atoms with Gasteiger partial charge in [0.25, 0.3) is 0 Å². The van der Waals surface area contributed by atoms with Crippen LogP contribution in [0.3, 0.4) is 0 Å². The van der Waals surface area contributed by atoms with Crippen LogP contribution in [0.4, 0.5) is 0 Å². The first kappa shape index (κ1) is 8.29. The van der Waals surface area contributed by atoms with E-state index in [9.17, 15) is 4.79 Å². The van der Waals surface area contributed by atoms with Crippen molar-refractivity contribution in [2.45, 2.75) is 6.92 Å². The normalized spacial score (nSPS) is 12.5. The fourth-order valence-electron chi connectivity index (χ4n) is 1.97. The molecule has 0 aliphatic heterocycles. The fourth-order valence-corrected chi connectivity index (χ4v) is 1.97. The first-order valence-corrected chi connectivity index (χ1v) is 4.75. The standard InChI is InChI=1S/C12H8N2O/c1-7-10-11(14-6-13-7)8-4-2-3-5-9(8)12(10)15/h2-6H,1H3. The third-order valence-electron chi connectivity index (χ3n) is 2.69. The van der Waals surface area contributed by atoms with Gasteiger partial charge in [-0.2, -0.15) is 0 Å². The van der Waals surface area contributed by atoms with E-state index in [0.29, 0.717) is 5.56 Å². The number of nitrogens with zero attached hydrogens (tertiary/aromatic N) is 2. The van der Waals surface area contributed by atoms with Crippen LogP contribution in [0.25, 0.3) is 11.3 Å². The summed E-state index contributed by atoms with van der Waals surface area (Å²) < 4.78 is 0. The number of hydrogen-bond acceptors (Lipinski definition) is 3. The molecule has 3 rings (SSSR count). The smallest absolute Gasteiger partial charge is 0.197 e. The van der Waals surface area contributed by atoms with Gasteiger partial charge in [0.2, 0.25) is 0 Å². The lowest BCUT2D eigenvalue weighted by molar-refractivity contribution is 0.104. The van der Waals surface area contributed by atoms with Crippen molar-refractivity contribution >= 4 is 5.78 Å². The van der Waals surface area contributed by atoms with Crippen molar-refractivity contribution in [3.05, 3.63) is 47.4 Å². The molecule has 0 bridgehead atoms. The molecule has 0 spiro atoms. The zero-order chi connectivity index (χ0) is 10.4. The van der Waals surface area contributed by atoms with Gasteiger partial charge >= 0.3 is 0 Å². The highest BCUT2D eigenvalue weighted by Crippen LogP contribution is 2.35. The zero-order valence-electron chi connectivity index (χ0n) is 8.19. The molecule has 0 fully saturated rings. The number of carbonyl (C=O) groups is 1. The lowest BCUT2D eigenvalue weighted by atomic mass is 10.1. The van der Waals surface area contributed by atoms with Gasteiger partial charge in [-0.3, -0.25) is 4.79 Å². The molecule has 0 radical (unpaired) electrons. The second-order valence-electron chi connectivity index (χ2n) is 3.56. The Morgan fingerprint density at radius 3 is 2.60 bits per heavy atom. The average molecular weight is 196 g/mol. The predicted molar refractivity (Wildman–Crippen MR) is 55.6 cm³/mol. The number of aryl methyl sites for hydroxylation is 1. The van der Waals surface area contributed by atoms with Gasteiger partial charge < -0.3 is 0 Å². The van der Waals surface area contributed by atoms with E-state index in [1.165, 1.54) is 6.33 Å². The van der Waals surface area contributed by atoms with E-state index >= 15 is 0 Å². The minimum atomic E-state index is 0.0405. The van der Waals surface area contributed by atoms with E-state index < -0.39 is 0 Å². The molecular weight excluding hydrogens is 188 g/mol. The van der Waals surface area contributed by atoms with Gasteiger partial charge in [0, 0.05) is 11.1 Å². The van der Waals surface area contributed by atoms with Crippen LogP contribution in [-0.2, 0) is 0 Å². The van der Waals surface area contributed by atoms with Crippen LogP contribution in [0.5, 0.6) is 0 Å². The third-order valence-corrected chi connectivity index (χ3v) is 2.69. The Balaban J connectivity index is 2.43. The number of aromatic nitrogens is 2. The molecular formula is C12H8N2O. The molecule has 3 nitrogen and oxygen atoms in total. The van der Waals surface area contributed by atoms with E-state index in [2.05, 4.69) is 9.97 Å². The summed E-state index contributed by atoms with van der Waals surface area (Å²) in [5, 5.41) is 0. The maximum absolute atomic E-state index is 12.0. The molecule has 72 valence electrons. The highest BCUT2D eigenvalue weighted by Gasteiger charge is 2.29. The maximum atomic E-state index is 12.0. The van der Waals surface area contributed by atoms with E-state index in [4.69, 9.17) is 0 Å². The number of hydrogen-bond donors (Lipinski definition) is 0. The van der Waals surface area contributed by atoms with Gasteiger partial charge in [0.1, 0.15) is 6.33 Å². The average Bonchev–Trinajstić information content (AvgIpc) is 2.55. The summed E-state index contributed by atoms with van der Waals surface area (Å²) in [6.45, 7) is 1.84. The molecule has 15 heavy (non-hydrogen) atoms. The zero-order valence-corrected chi connectivity index (χ0v) is 8.19. The van der Waals surface area contributed by atoms with Crippen LogP contribution in [0, 0.1) is 6.92 Å². The van der Waals surface area contributed by atoms with Crippen LogP contribution >= 0.6 is 0 Å². The molecule has 0 saturated heterocycles. The minimum absolute atomic E-state index is 0.0405. The summed E-state index contributed by atoms with van der Waals surface area (Å²) in [5.41, 5.74) is 3.82. The predicted octanol–water partition coefficient (Wildman–Crippen LogP) is 2.00. The van der Waals surface area contributed by atoms with E-state index in [1.807, 2.05) is 31.2 Å². The van der Waals surface area contributed by atoms with Gasteiger partial charge in [-0.15, -0.1) is 0 Å². The third kappa shape index (κ3) is 0.973. The maximum Gasteiger partial charge on any atom is 0.197 e. The Labute approximate surface area is 86.8 Å². The number of fused-ring (bicyclic) bond motifs is 3. The van der Waals surface area contributed by atoms with Crippen molar-refractivity contribution in [2.24, 2.45) is 0 Å². The monoisotopic (exact) mass is 196 g/mol. The summed E-state index contributed by atoms with van der Waals surface area (Å²) in [4.78, 5) is 20.3. The Kier molecular flexibility index (Phi) is 1.51. The van der Waals surface area contributed by atoms with Gasteiger partial charge in [0.15, 0.2) is 5.78 Å². The van der Waals surface area contributed by atoms with Crippen LogP contribution < -0.4 is 0 Å². The Bertz CT molecular complexity index is 576. The summed E-state index contributed by atoms with van der Waals surface area (Å²) in [5.74, 6) is 0.0405. The first-order valence-electron chi connectivity index (χ1n) is 4.75. The summed E-state index contributed by atoms with van der Waals surface area (Å²) >= 11 is 0. The molecule has 0 saturated carbocycles. The molecule has 0 N–H and O–H groups in total. The van der Waals surface area contributed by atoms with Crippen molar-refractivity contribution in [1.82, 2.24) is 9.97 Å². The Hall–Kier alpha value is -2.03. The lowest BCUT2D eigenvalue weighted by Gasteiger charge is -1.98. The van der Waals surface area contributed by atoms with Crippen molar-refractivity contribution in [1.29, 1.82) is 0 Å². The second kappa shape index (κ2) is 2.73. The SMILES string of the molecule is Cc1ncnc2c1C(=O)c1ccccc1-2. The van der Waals surface area contributed by atoms with Crippen LogP contribution in [0.1, 0.15) is 21.6 Å². The minimum Gasteiger partial charge on any atom is -0.288 e. The van der Waals surface area contributed by atoms with Crippen molar-refractivity contribution < 1.29 is 4.79 Å². The van der Waals surface area contributed by atoms with Crippen molar-refractivity contribution in [3.63, 3.8) is 0 Å². The molecule has 0 amide bonds. The van der Waals surface area contributed by atoms with Gasteiger partial charge in [-0.05, 0) is 6.92 Å². The summed E-state index contributed by atoms with van der Waals surface area (Å²) in [7, 11) is 0. The highest BCUT2D eigenvalue weighted by molar-refractivity contribution is 6.21. The lowest BCUT2D eigenvalue weighted by Crippen LogP contribution is -2.00. The second-order valence-corrected chi connectivity index (χ2v) is 3.56. The topological polar surface area (TPSA) is 42.9 Å². The van der Waals surface area contributed by atoms with Crippen molar-refractivity contribution in [2.75, 3.05) is 0 Å². The number of rotatable bonds is 0. The van der Waals surface area contributed by atoms with Gasteiger partial charge in [-0.1, -0.05) is 24.3 Å². The van der Waals surface area contributed by atoms with Gasteiger partial charge in [0.05, 0.1) is 17.0 Å². The summed E-state index contributed by atoms with van der Waals surface area (Å²) in [6.07, 6.45) is 1.50. The molecule has 1 aromatic carbocycles. The molecule has 3 heteroatoms. The fraction of sp³-hybridized carbons (Fsp3) is 0.0833. The molecule has 0 atom stereocenters. The highest BCUT2D eigenvalue weighted by atomic mass is 16.1. The molecule has 1 aliphatic rings. The number of carbonyl (C=O) groups excluding carboxylic acids is 1. The Morgan fingerprint density at radius 1 is 1.07 bits per heavy atom. The van der Waals surface area contributed by atoms with E-state index in [0.717, 1.165) is 22.5 Å². The van der Waals surface area contributed by atoms with Crippen molar-refractivity contribution in [3.8, 4) is 11.3 Å². The van der Waals surface area contributed by atoms with Gasteiger partial charge in [-0.25, -0.2) is 9.97 Å². The summed E-state index contributed by atoms with van der Waals surface area (Å²) in [6, 6.07) is 7.54. The molecule has 0 unspecified atom stereocenters. The largest absolute Gasteiger partial charge is 0.288 e. The molecule has 2 aromatic rings. The number of benzene rings is 1. The van der Waals surface area contributed by atoms with Crippen LogP contribution in [0.2, 0.25) is 0 Å². The van der Waals surface area contributed by atoms with E-state index in [1.54, 1.807) is 0 Å². The quantitative estimate of drug-likeness (QED) is 0.552. The van der Waals surface area contributed by atoms with Crippen LogP contribution in [-0.4, -0.2) is 15.8 Å².